The third-order valence-corrected chi connectivity index (χ3v) is 7.11. The summed E-state index contributed by atoms with van der Waals surface area (Å²) in [6.45, 7) is 8.63. The molecule has 2 aliphatic heterocycles. The summed E-state index contributed by atoms with van der Waals surface area (Å²) in [6.07, 6.45) is 3.97. The van der Waals surface area contributed by atoms with Gasteiger partial charge in [-0.05, 0) is 35.6 Å². The van der Waals surface area contributed by atoms with Crippen molar-refractivity contribution in [2.45, 2.75) is 39.3 Å². The summed E-state index contributed by atoms with van der Waals surface area (Å²) in [4.78, 5) is 29.0. The van der Waals surface area contributed by atoms with Crippen molar-refractivity contribution in [3.63, 3.8) is 0 Å². The molecule has 0 bridgehead atoms. The maximum Gasteiger partial charge on any atom is 0.341 e. The first-order valence-corrected chi connectivity index (χ1v) is 12.2. The van der Waals surface area contributed by atoms with Crippen LogP contribution < -0.4 is 15.5 Å². The SMILES string of the molecule is COc1cc2c(cc1-c1ccc(C3CNCCO3)nc1)CC(C(C)(C)C)n1cc(C(=O)O)c(=O)cc1-2. The number of nitrogens with zero attached hydrogens (tertiary/aromatic N) is 2. The maximum absolute atomic E-state index is 12.7. The van der Waals surface area contributed by atoms with E-state index in [4.69, 9.17) is 9.47 Å². The van der Waals surface area contributed by atoms with Crippen LogP contribution in [0.5, 0.6) is 5.75 Å². The number of hydrogen-bond acceptors (Lipinski definition) is 6. The van der Waals surface area contributed by atoms with Crippen molar-refractivity contribution in [1.82, 2.24) is 14.9 Å². The Kier molecular flexibility index (Phi) is 6.18. The lowest BCUT2D eigenvalue weighted by Crippen LogP contribution is -2.33. The lowest BCUT2D eigenvalue weighted by Gasteiger charge is -2.39. The third-order valence-electron chi connectivity index (χ3n) is 7.11. The number of pyridine rings is 2. The molecule has 0 radical (unpaired) electrons. The minimum Gasteiger partial charge on any atom is -0.496 e. The van der Waals surface area contributed by atoms with Gasteiger partial charge < -0.3 is 24.5 Å². The molecular formula is C28H31N3O5. The molecule has 2 aromatic heterocycles. The molecular weight excluding hydrogens is 458 g/mol. The Morgan fingerprint density at radius 2 is 2.03 bits per heavy atom. The van der Waals surface area contributed by atoms with Gasteiger partial charge in [0.15, 0.2) is 5.43 Å². The second-order valence-corrected chi connectivity index (χ2v) is 10.5. The topological polar surface area (TPSA) is 103 Å². The number of ether oxygens (including phenoxy) is 2. The van der Waals surface area contributed by atoms with E-state index in [-0.39, 0.29) is 23.1 Å². The Hall–Kier alpha value is -3.49. The number of morpholine rings is 1. The van der Waals surface area contributed by atoms with Gasteiger partial charge >= 0.3 is 5.97 Å². The summed E-state index contributed by atoms with van der Waals surface area (Å²) in [6, 6.07) is 9.49. The average molecular weight is 490 g/mol. The van der Waals surface area contributed by atoms with Gasteiger partial charge in [-0.3, -0.25) is 9.78 Å². The molecule has 2 aliphatic rings. The van der Waals surface area contributed by atoms with Crippen molar-refractivity contribution in [2.24, 2.45) is 5.41 Å². The van der Waals surface area contributed by atoms with Crippen LogP contribution in [-0.2, 0) is 11.2 Å². The molecule has 0 spiro atoms. The van der Waals surface area contributed by atoms with Gasteiger partial charge in [0, 0.05) is 54.3 Å². The molecule has 2 N–H and O–H groups in total. The van der Waals surface area contributed by atoms with Crippen molar-refractivity contribution >= 4 is 5.97 Å². The van der Waals surface area contributed by atoms with E-state index in [9.17, 15) is 14.7 Å². The number of fused-ring (bicyclic) bond motifs is 3. The monoisotopic (exact) mass is 489 g/mol. The summed E-state index contributed by atoms with van der Waals surface area (Å²) in [5, 5.41) is 12.9. The second kappa shape index (κ2) is 9.19. The van der Waals surface area contributed by atoms with Gasteiger partial charge in [0.25, 0.3) is 0 Å². The zero-order valence-electron chi connectivity index (χ0n) is 21.0. The number of nitrogens with one attached hydrogen (secondary N) is 1. The van der Waals surface area contributed by atoms with Crippen LogP contribution in [0.1, 0.15) is 54.5 Å². The number of aromatic carboxylic acids is 1. The molecule has 0 saturated carbocycles. The molecule has 5 rings (SSSR count). The molecule has 0 aliphatic carbocycles. The zero-order valence-corrected chi connectivity index (χ0v) is 21.0. The molecule has 8 nitrogen and oxygen atoms in total. The number of methoxy groups -OCH3 is 1. The largest absolute Gasteiger partial charge is 0.496 e. The van der Waals surface area contributed by atoms with E-state index >= 15 is 0 Å². The second-order valence-electron chi connectivity index (χ2n) is 10.5. The highest BCUT2D eigenvalue weighted by atomic mass is 16.5. The molecule has 8 heteroatoms. The summed E-state index contributed by atoms with van der Waals surface area (Å²) in [7, 11) is 1.62. The van der Waals surface area contributed by atoms with Crippen LogP contribution in [0.4, 0.5) is 0 Å². The molecule has 1 aromatic carbocycles. The number of carbonyl (C=O) groups is 1. The molecule has 188 valence electrons. The van der Waals surface area contributed by atoms with Gasteiger partial charge in [0.2, 0.25) is 0 Å². The number of benzene rings is 1. The zero-order chi connectivity index (χ0) is 25.6. The van der Waals surface area contributed by atoms with Crippen LogP contribution in [-0.4, -0.2) is 47.4 Å². The smallest absolute Gasteiger partial charge is 0.341 e. The van der Waals surface area contributed by atoms with Crippen molar-refractivity contribution in [1.29, 1.82) is 0 Å². The Labute approximate surface area is 209 Å². The van der Waals surface area contributed by atoms with Gasteiger partial charge in [0.1, 0.15) is 17.4 Å². The minimum atomic E-state index is -1.22. The fraction of sp³-hybridized carbons (Fsp3) is 0.393. The van der Waals surface area contributed by atoms with Gasteiger partial charge in [0.05, 0.1) is 25.1 Å². The van der Waals surface area contributed by atoms with Crippen LogP contribution in [0.3, 0.4) is 0 Å². The highest BCUT2D eigenvalue weighted by Crippen LogP contribution is 2.45. The number of rotatable bonds is 4. The van der Waals surface area contributed by atoms with Crippen LogP contribution in [0.25, 0.3) is 22.4 Å². The number of carboxylic acid groups (broad SMARTS) is 1. The minimum absolute atomic E-state index is 0.0311. The van der Waals surface area contributed by atoms with Gasteiger partial charge in [-0.1, -0.05) is 26.8 Å². The molecule has 2 atom stereocenters. The predicted octanol–water partition coefficient (Wildman–Crippen LogP) is 4.09. The van der Waals surface area contributed by atoms with E-state index in [0.29, 0.717) is 24.5 Å². The lowest BCUT2D eigenvalue weighted by molar-refractivity contribution is 0.0250. The fourth-order valence-corrected chi connectivity index (χ4v) is 5.15. The summed E-state index contributed by atoms with van der Waals surface area (Å²) < 4.78 is 13.5. The van der Waals surface area contributed by atoms with E-state index < -0.39 is 11.4 Å². The Morgan fingerprint density at radius 1 is 1.22 bits per heavy atom. The predicted molar refractivity (Wildman–Crippen MR) is 137 cm³/mol. The summed E-state index contributed by atoms with van der Waals surface area (Å²) in [5.74, 6) is -0.554. The van der Waals surface area contributed by atoms with Crippen molar-refractivity contribution < 1.29 is 19.4 Å². The Balaban J connectivity index is 1.62. The van der Waals surface area contributed by atoms with Crippen LogP contribution in [0, 0.1) is 5.41 Å². The van der Waals surface area contributed by atoms with E-state index in [1.807, 2.05) is 29.0 Å². The quantitative estimate of drug-likeness (QED) is 0.569. The Morgan fingerprint density at radius 3 is 2.64 bits per heavy atom. The molecule has 36 heavy (non-hydrogen) atoms. The highest BCUT2D eigenvalue weighted by Gasteiger charge is 2.34. The Bertz CT molecular complexity index is 1370. The number of carboxylic acids is 1. The number of hydrogen-bond donors (Lipinski definition) is 2. The molecule has 0 amide bonds. The summed E-state index contributed by atoms with van der Waals surface area (Å²) in [5.41, 5.74) is 4.49. The molecule has 2 unspecified atom stereocenters. The first-order valence-electron chi connectivity index (χ1n) is 12.2. The molecule has 1 saturated heterocycles. The standard InChI is InChI=1S/C28H31N3O5/c1-28(2,3)26-10-17-9-19(16-5-6-21(30-13-16)25-14-29-7-8-36-25)24(35-4)11-18(17)22-12-23(32)20(27(33)34)15-31(22)26/h5-6,9,11-13,15,25-26,29H,7-8,10,14H2,1-4H3,(H,33,34). The van der Waals surface area contributed by atoms with E-state index in [2.05, 4.69) is 37.1 Å². The molecule has 3 aromatic rings. The lowest BCUT2D eigenvalue weighted by atomic mass is 9.78. The third kappa shape index (κ3) is 4.31. The average Bonchev–Trinajstić information content (AvgIpc) is 2.87. The van der Waals surface area contributed by atoms with E-state index in [1.165, 1.54) is 12.3 Å². The normalized spacial score (nSPS) is 19.3. The highest BCUT2D eigenvalue weighted by molar-refractivity contribution is 5.88. The van der Waals surface area contributed by atoms with E-state index in [0.717, 1.165) is 41.0 Å². The molecule has 1 fully saturated rings. The van der Waals surface area contributed by atoms with Crippen LogP contribution in [0.15, 0.2) is 47.5 Å². The first kappa shape index (κ1) is 24.2. The van der Waals surface area contributed by atoms with E-state index in [1.54, 1.807) is 7.11 Å². The van der Waals surface area contributed by atoms with Crippen molar-refractivity contribution in [3.8, 4) is 28.1 Å². The number of aromatic nitrogens is 2. The fourth-order valence-electron chi connectivity index (χ4n) is 5.15. The van der Waals surface area contributed by atoms with Crippen molar-refractivity contribution in [3.05, 3.63) is 69.8 Å². The van der Waals surface area contributed by atoms with Gasteiger partial charge in [-0.25, -0.2) is 4.79 Å². The maximum atomic E-state index is 12.7. The van der Waals surface area contributed by atoms with Crippen LogP contribution in [0.2, 0.25) is 0 Å². The molecule has 4 heterocycles. The van der Waals surface area contributed by atoms with Gasteiger partial charge in [-0.15, -0.1) is 0 Å². The first-order chi connectivity index (χ1) is 17.2. The summed E-state index contributed by atoms with van der Waals surface area (Å²) >= 11 is 0. The van der Waals surface area contributed by atoms with Gasteiger partial charge in [-0.2, -0.15) is 0 Å². The van der Waals surface area contributed by atoms with Crippen molar-refractivity contribution in [2.75, 3.05) is 26.8 Å². The van der Waals surface area contributed by atoms with Crippen LogP contribution >= 0.6 is 0 Å².